The third kappa shape index (κ3) is 11.3. The summed E-state index contributed by atoms with van der Waals surface area (Å²) in [6.07, 6.45) is 1.51. The molecule has 0 aliphatic rings. The minimum atomic E-state index is -0.220. The maximum absolute atomic E-state index is 9.09. The summed E-state index contributed by atoms with van der Waals surface area (Å²) in [7, 11) is 1.66. The zero-order valence-electron chi connectivity index (χ0n) is 10.4. The van der Waals surface area contributed by atoms with Crippen LogP contribution in [0.25, 0.3) is 0 Å². The quantitative estimate of drug-likeness (QED) is 0.904. The molecule has 0 aromatic heterocycles. The Balaban J connectivity index is -0.000000409. The normalized spacial score (nSPS) is 9.50. The van der Waals surface area contributed by atoms with Crippen molar-refractivity contribution in [2.45, 2.75) is 25.9 Å². The van der Waals surface area contributed by atoms with E-state index < -0.39 is 0 Å². The largest absolute Gasteiger partial charge is 0.497 e. The fraction of sp³-hybridized carbons (Fsp3) is 0.385. The number of carbonyl (C=O) groups excluding carboxylic acids is 2. The summed E-state index contributed by atoms with van der Waals surface area (Å²) in [5.41, 5.74) is 1.24. The molecule has 0 aliphatic heterocycles. The first-order valence-corrected chi connectivity index (χ1v) is 4.94. The molecule has 0 aliphatic carbocycles. The molecule has 0 fully saturated rings. The van der Waals surface area contributed by atoms with Crippen LogP contribution in [0.5, 0.6) is 5.75 Å². The number of hydrogen-bond donors (Lipinski definition) is 1. The minimum absolute atomic E-state index is 0. The van der Waals surface area contributed by atoms with Crippen molar-refractivity contribution in [2.75, 3.05) is 7.11 Å². The van der Waals surface area contributed by atoms with Gasteiger partial charge in [-0.15, -0.1) is 0 Å². The van der Waals surface area contributed by atoms with E-state index in [0.717, 1.165) is 18.6 Å². The summed E-state index contributed by atoms with van der Waals surface area (Å²) in [6.45, 7) is 10.8. The summed E-state index contributed by atoms with van der Waals surface area (Å²) in [5.74, 6) is 0.876. The molecule has 0 bridgehead atoms. The zero-order chi connectivity index (χ0) is 13.7. The molecule has 1 aromatic carbocycles. The van der Waals surface area contributed by atoms with E-state index in [4.69, 9.17) is 19.4 Å². The van der Waals surface area contributed by atoms with Gasteiger partial charge in [-0.05, 0) is 37.5 Å². The van der Waals surface area contributed by atoms with Gasteiger partial charge in [-0.3, -0.25) is 9.59 Å². The van der Waals surface area contributed by atoms with Gasteiger partial charge in [-0.25, -0.2) is 0 Å². The SMILES string of the molecule is COc1ccc(CCC(C)O)cc1.[C]=O.[C]=O.[Cr]. The molecular formula is C13H16CrO4. The molecule has 0 saturated heterocycles. The molecule has 1 rings (SSSR count). The monoisotopic (exact) mass is 288 g/mol. The van der Waals surface area contributed by atoms with Crippen LogP contribution in [0.3, 0.4) is 0 Å². The van der Waals surface area contributed by atoms with Gasteiger partial charge < -0.3 is 9.84 Å². The van der Waals surface area contributed by atoms with Crippen LogP contribution >= 0.6 is 0 Å². The van der Waals surface area contributed by atoms with Crippen molar-refractivity contribution in [1.82, 2.24) is 0 Å². The molecule has 0 heterocycles. The molecule has 1 unspecified atom stereocenters. The van der Waals surface area contributed by atoms with Crippen LogP contribution < -0.4 is 4.74 Å². The van der Waals surface area contributed by atoms with Crippen LogP contribution in [-0.4, -0.2) is 31.9 Å². The smallest absolute Gasteiger partial charge is 0.281 e. The van der Waals surface area contributed by atoms with Crippen molar-refractivity contribution in [2.24, 2.45) is 0 Å². The van der Waals surface area contributed by atoms with Crippen LogP contribution in [0.1, 0.15) is 18.9 Å². The number of methoxy groups -OCH3 is 1. The fourth-order valence-corrected chi connectivity index (χ4v) is 1.17. The predicted molar refractivity (Wildman–Crippen MR) is 64.4 cm³/mol. The molecule has 4 radical (unpaired) electrons. The molecular weight excluding hydrogens is 272 g/mol. The molecule has 18 heavy (non-hydrogen) atoms. The van der Waals surface area contributed by atoms with Crippen LogP contribution in [0.15, 0.2) is 24.3 Å². The Labute approximate surface area is 119 Å². The average molecular weight is 288 g/mol. The molecule has 1 aromatic rings. The topological polar surface area (TPSA) is 63.6 Å². The Morgan fingerprint density at radius 3 is 1.94 bits per heavy atom. The molecule has 1 N–H and O–H groups in total. The van der Waals surface area contributed by atoms with Crippen molar-refractivity contribution in [3.63, 3.8) is 0 Å². The van der Waals surface area contributed by atoms with E-state index in [9.17, 15) is 0 Å². The van der Waals surface area contributed by atoms with E-state index in [0.29, 0.717) is 0 Å². The maximum Gasteiger partial charge on any atom is 0.281 e. The van der Waals surface area contributed by atoms with Crippen LogP contribution in [0.2, 0.25) is 0 Å². The molecule has 0 amide bonds. The van der Waals surface area contributed by atoms with Gasteiger partial charge in [-0.2, -0.15) is 0 Å². The fourth-order valence-electron chi connectivity index (χ4n) is 1.17. The Morgan fingerprint density at radius 1 is 1.17 bits per heavy atom. The summed E-state index contributed by atoms with van der Waals surface area (Å²) in [5, 5.41) is 9.09. The summed E-state index contributed by atoms with van der Waals surface area (Å²) in [6, 6.07) is 7.94. The number of hydrogen-bond acceptors (Lipinski definition) is 4. The zero-order valence-corrected chi connectivity index (χ0v) is 11.7. The van der Waals surface area contributed by atoms with Gasteiger partial charge in [-0.1, -0.05) is 12.1 Å². The van der Waals surface area contributed by atoms with Crippen LogP contribution in [0, 0.1) is 0 Å². The van der Waals surface area contributed by atoms with Gasteiger partial charge in [0.25, 0.3) is 13.6 Å². The van der Waals surface area contributed by atoms with E-state index in [1.807, 2.05) is 31.2 Å². The van der Waals surface area contributed by atoms with Crippen LogP contribution in [-0.2, 0) is 33.4 Å². The van der Waals surface area contributed by atoms with Crippen molar-refractivity contribution in [3.8, 4) is 5.75 Å². The van der Waals surface area contributed by atoms with Crippen molar-refractivity contribution in [1.29, 1.82) is 0 Å². The van der Waals surface area contributed by atoms with Gasteiger partial charge in [0.1, 0.15) is 5.75 Å². The minimum Gasteiger partial charge on any atom is -0.497 e. The number of aryl methyl sites for hydroxylation is 1. The summed E-state index contributed by atoms with van der Waals surface area (Å²) < 4.78 is 5.05. The second-order valence-electron chi connectivity index (χ2n) is 3.24. The summed E-state index contributed by atoms with van der Waals surface area (Å²) >= 11 is 0. The van der Waals surface area contributed by atoms with E-state index in [1.165, 1.54) is 5.56 Å². The van der Waals surface area contributed by atoms with Gasteiger partial charge in [0, 0.05) is 17.4 Å². The number of ether oxygens (including phenoxy) is 1. The van der Waals surface area contributed by atoms with Crippen molar-refractivity contribution < 1.29 is 36.8 Å². The molecule has 0 saturated carbocycles. The number of benzene rings is 1. The van der Waals surface area contributed by atoms with Crippen molar-refractivity contribution >= 4 is 13.6 Å². The van der Waals surface area contributed by atoms with Gasteiger partial charge in [0.05, 0.1) is 13.2 Å². The average Bonchev–Trinajstić information content (AvgIpc) is 2.41. The van der Waals surface area contributed by atoms with E-state index in [-0.39, 0.29) is 23.5 Å². The molecule has 4 nitrogen and oxygen atoms in total. The Kier molecular flexibility index (Phi) is 19.4. The van der Waals surface area contributed by atoms with E-state index in [2.05, 4.69) is 13.6 Å². The van der Waals surface area contributed by atoms with Gasteiger partial charge in [0.2, 0.25) is 0 Å². The third-order valence-electron chi connectivity index (χ3n) is 2.01. The first-order valence-electron chi connectivity index (χ1n) is 4.94. The van der Waals surface area contributed by atoms with Crippen LogP contribution in [0.4, 0.5) is 0 Å². The Morgan fingerprint density at radius 2 is 1.61 bits per heavy atom. The Hall–Kier alpha value is -1.15. The molecule has 1 atom stereocenters. The first-order chi connectivity index (χ1) is 8.22. The van der Waals surface area contributed by atoms with Crippen molar-refractivity contribution in [3.05, 3.63) is 29.8 Å². The first kappa shape index (κ1) is 22.1. The van der Waals surface area contributed by atoms with E-state index in [1.54, 1.807) is 7.11 Å². The number of aliphatic hydroxyl groups excluding tert-OH is 1. The predicted octanol–water partition coefficient (Wildman–Crippen LogP) is 1.21. The van der Waals surface area contributed by atoms with Gasteiger partial charge >= 0.3 is 0 Å². The third-order valence-corrected chi connectivity index (χ3v) is 2.01. The molecule has 0 spiro atoms. The molecule has 5 heteroatoms. The summed E-state index contributed by atoms with van der Waals surface area (Å²) in [4.78, 5) is 15.0. The van der Waals surface area contributed by atoms with E-state index >= 15 is 0 Å². The second-order valence-corrected chi connectivity index (χ2v) is 3.24. The standard InChI is InChI=1S/C11H16O2.2CO.Cr/c1-9(12)3-4-10-5-7-11(13-2)8-6-10;2*1-2;/h5-9,12H,3-4H2,1-2H3;;;. The number of aliphatic hydroxyl groups is 1. The molecule has 98 valence electrons. The Bertz CT molecular complexity index is 273. The van der Waals surface area contributed by atoms with Gasteiger partial charge in [0.15, 0.2) is 0 Å². The maximum atomic E-state index is 9.09. The second kappa shape index (κ2) is 15.9. The number of rotatable bonds is 4.